The fourth-order valence-corrected chi connectivity index (χ4v) is 2.80. The van der Waals surface area contributed by atoms with E-state index in [2.05, 4.69) is 49.2 Å². The average Bonchev–Trinajstić information content (AvgIpc) is 2.47. The maximum absolute atomic E-state index is 4.53. The topological polar surface area (TPSA) is 12.4 Å². The van der Waals surface area contributed by atoms with Crippen LogP contribution in [-0.4, -0.2) is 11.1 Å². The summed E-state index contributed by atoms with van der Waals surface area (Å²) in [4.78, 5) is 4.53. The molecule has 2 heteroatoms. The summed E-state index contributed by atoms with van der Waals surface area (Å²) < 4.78 is 0. The molecule has 0 aliphatic carbocycles. The molecule has 0 N–H and O–H groups in total. The number of nitrogens with zero attached hydrogens (tertiary/aromatic N) is 1. The van der Waals surface area contributed by atoms with Crippen molar-refractivity contribution < 1.29 is 0 Å². The van der Waals surface area contributed by atoms with Crippen molar-refractivity contribution in [2.45, 2.75) is 25.1 Å². The van der Waals surface area contributed by atoms with Gasteiger partial charge in [-0.1, -0.05) is 30.3 Å². The summed E-state index contributed by atoms with van der Waals surface area (Å²) in [7, 11) is 0. The summed E-state index contributed by atoms with van der Waals surface area (Å²) in [6.45, 7) is 4.27. The summed E-state index contributed by atoms with van der Waals surface area (Å²) in [5.74, 6) is 0. The Labute approximate surface area is 83.3 Å². The molecule has 68 valence electrons. The Morgan fingerprint density at radius 2 is 1.92 bits per heavy atom. The minimum absolute atomic E-state index is 0.424. The molecular formula is C11H13NS. The standard InChI is InChI=1S/C11H13NS/c1-8-11(13-9(2)12-8)10-6-4-3-5-7-10/h3-8,11H,1-2H3/t8-,11+/m1/s1. The molecule has 1 heterocycles. The van der Waals surface area contributed by atoms with Crippen LogP contribution < -0.4 is 0 Å². The molecule has 0 spiro atoms. The Kier molecular flexibility index (Phi) is 2.40. The highest BCUT2D eigenvalue weighted by atomic mass is 32.2. The van der Waals surface area contributed by atoms with E-state index in [1.165, 1.54) is 10.6 Å². The molecule has 0 unspecified atom stereocenters. The molecule has 0 saturated carbocycles. The van der Waals surface area contributed by atoms with Gasteiger partial charge in [0.1, 0.15) is 0 Å². The van der Waals surface area contributed by atoms with Crippen LogP contribution in [0.4, 0.5) is 0 Å². The molecule has 1 nitrogen and oxygen atoms in total. The first-order valence-corrected chi connectivity index (χ1v) is 5.41. The number of thioether (sulfide) groups is 1. The normalized spacial score (nSPS) is 27.4. The number of rotatable bonds is 1. The molecule has 0 amide bonds. The molecule has 1 aromatic rings. The molecular weight excluding hydrogens is 178 g/mol. The molecule has 1 aliphatic rings. The summed E-state index contributed by atoms with van der Waals surface area (Å²) in [6.07, 6.45) is 0. The van der Waals surface area contributed by atoms with Gasteiger partial charge in [-0.15, -0.1) is 11.8 Å². The second-order valence-electron chi connectivity index (χ2n) is 3.34. The highest BCUT2D eigenvalue weighted by Crippen LogP contribution is 2.39. The van der Waals surface area contributed by atoms with Gasteiger partial charge in [-0.3, -0.25) is 4.99 Å². The third-order valence-corrected chi connectivity index (χ3v) is 3.62. The van der Waals surface area contributed by atoms with E-state index in [1.807, 2.05) is 11.8 Å². The zero-order valence-electron chi connectivity index (χ0n) is 7.90. The number of aliphatic imine (C=N–C) groups is 1. The lowest BCUT2D eigenvalue weighted by molar-refractivity contribution is 0.740. The molecule has 0 bridgehead atoms. The summed E-state index contributed by atoms with van der Waals surface area (Å²) >= 11 is 1.88. The lowest BCUT2D eigenvalue weighted by Crippen LogP contribution is -2.04. The average molecular weight is 191 g/mol. The van der Waals surface area contributed by atoms with Gasteiger partial charge in [0.2, 0.25) is 0 Å². The van der Waals surface area contributed by atoms with Crippen molar-refractivity contribution in [3.05, 3.63) is 35.9 Å². The quantitative estimate of drug-likeness (QED) is 0.663. The van der Waals surface area contributed by atoms with E-state index in [9.17, 15) is 0 Å². The smallest absolute Gasteiger partial charge is 0.0655 e. The van der Waals surface area contributed by atoms with Gasteiger partial charge in [0.25, 0.3) is 0 Å². The lowest BCUT2D eigenvalue weighted by atomic mass is 10.1. The molecule has 13 heavy (non-hydrogen) atoms. The van der Waals surface area contributed by atoms with Crippen molar-refractivity contribution in [2.75, 3.05) is 0 Å². The summed E-state index contributed by atoms with van der Waals surface area (Å²) in [5.41, 5.74) is 1.39. The molecule has 1 aliphatic heterocycles. The SMILES string of the molecule is CC1=N[C@H](C)[C@@H](c2ccccc2)S1. The fourth-order valence-electron chi connectivity index (χ4n) is 1.66. The highest BCUT2D eigenvalue weighted by molar-refractivity contribution is 8.14. The van der Waals surface area contributed by atoms with Crippen LogP contribution in [0.5, 0.6) is 0 Å². The van der Waals surface area contributed by atoms with Gasteiger partial charge >= 0.3 is 0 Å². The first-order chi connectivity index (χ1) is 6.27. The van der Waals surface area contributed by atoms with Gasteiger partial charge < -0.3 is 0 Å². The first kappa shape index (κ1) is 8.82. The van der Waals surface area contributed by atoms with Crippen molar-refractivity contribution in [2.24, 2.45) is 4.99 Å². The van der Waals surface area contributed by atoms with Crippen molar-refractivity contribution in [1.29, 1.82) is 0 Å². The molecule has 0 radical (unpaired) electrons. The van der Waals surface area contributed by atoms with Crippen molar-refractivity contribution >= 4 is 16.8 Å². The van der Waals surface area contributed by atoms with Crippen LogP contribution in [0.2, 0.25) is 0 Å². The van der Waals surface area contributed by atoms with E-state index < -0.39 is 0 Å². The van der Waals surface area contributed by atoms with E-state index in [0.717, 1.165) is 0 Å². The van der Waals surface area contributed by atoms with Gasteiger partial charge in [0.15, 0.2) is 0 Å². The van der Waals surface area contributed by atoms with Gasteiger partial charge in [-0.05, 0) is 19.4 Å². The number of hydrogen-bond donors (Lipinski definition) is 0. The minimum Gasteiger partial charge on any atom is -0.279 e. The van der Waals surface area contributed by atoms with Crippen LogP contribution in [0, 0.1) is 0 Å². The fraction of sp³-hybridized carbons (Fsp3) is 0.364. The van der Waals surface area contributed by atoms with Crippen molar-refractivity contribution in [3.8, 4) is 0 Å². The van der Waals surface area contributed by atoms with E-state index >= 15 is 0 Å². The third kappa shape index (κ3) is 1.78. The predicted octanol–water partition coefficient (Wildman–Crippen LogP) is 3.28. The largest absolute Gasteiger partial charge is 0.279 e. The Hall–Kier alpha value is -0.760. The highest BCUT2D eigenvalue weighted by Gasteiger charge is 2.25. The van der Waals surface area contributed by atoms with Crippen LogP contribution in [0.15, 0.2) is 35.3 Å². The van der Waals surface area contributed by atoms with Gasteiger partial charge in [0.05, 0.1) is 16.3 Å². The third-order valence-electron chi connectivity index (χ3n) is 2.25. The van der Waals surface area contributed by atoms with E-state index in [4.69, 9.17) is 0 Å². The second kappa shape index (κ2) is 3.54. The van der Waals surface area contributed by atoms with Crippen LogP contribution >= 0.6 is 11.8 Å². The van der Waals surface area contributed by atoms with E-state index in [0.29, 0.717) is 11.3 Å². The molecule has 1 aromatic carbocycles. The second-order valence-corrected chi connectivity index (χ2v) is 4.67. The van der Waals surface area contributed by atoms with Crippen molar-refractivity contribution in [3.63, 3.8) is 0 Å². The summed E-state index contributed by atoms with van der Waals surface area (Å²) in [6, 6.07) is 11.0. The zero-order valence-corrected chi connectivity index (χ0v) is 8.71. The number of hydrogen-bond acceptors (Lipinski definition) is 2. The van der Waals surface area contributed by atoms with E-state index in [-0.39, 0.29) is 0 Å². The minimum atomic E-state index is 0.424. The Balaban J connectivity index is 2.21. The van der Waals surface area contributed by atoms with Crippen LogP contribution in [0.1, 0.15) is 24.7 Å². The molecule has 0 fully saturated rings. The summed E-state index contributed by atoms with van der Waals surface area (Å²) in [5, 5.41) is 1.74. The molecule has 2 rings (SSSR count). The maximum Gasteiger partial charge on any atom is 0.0655 e. The molecule has 0 aromatic heterocycles. The first-order valence-electron chi connectivity index (χ1n) is 4.53. The van der Waals surface area contributed by atoms with Gasteiger partial charge in [-0.25, -0.2) is 0 Å². The Morgan fingerprint density at radius 1 is 1.23 bits per heavy atom. The maximum atomic E-state index is 4.53. The van der Waals surface area contributed by atoms with E-state index in [1.54, 1.807) is 0 Å². The molecule has 2 atom stereocenters. The van der Waals surface area contributed by atoms with Crippen LogP contribution in [-0.2, 0) is 0 Å². The van der Waals surface area contributed by atoms with Gasteiger partial charge in [-0.2, -0.15) is 0 Å². The van der Waals surface area contributed by atoms with Crippen LogP contribution in [0.25, 0.3) is 0 Å². The zero-order chi connectivity index (χ0) is 9.26. The van der Waals surface area contributed by atoms with Crippen LogP contribution in [0.3, 0.4) is 0 Å². The number of benzene rings is 1. The monoisotopic (exact) mass is 191 g/mol. The lowest BCUT2D eigenvalue weighted by Gasteiger charge is -2.12. The van der Waals surface area contributed by atoms with Gasteiger partial charge in [0, 0.05) is 0 Å². The molecule has 0 saturated heterocycles. The Morgan fingerprint density at radius 3 is 2.46 bits per heavy atom. The van der Waals surface area contributed by atoms with Crippen molar-refractivity contribution in [1.82, 2.24) is 0 Å². The predicted molar refractivity (Wildman–Crippen MR) is 59.3 cm³/mol. The Bertz CT molecular complexity index is 318.